The van der Waals surface area contributed by atoms with Crippen molar-refractivity contribution >= 4 is 17.5 Å². The van der Waals surface area contributed by atoms with Gasteiger partial charge in [0.25, 0.3) is 5.91 Å². The highest BCUT2D eigenvalue weighted by molar-refractivity contribution is 6.30. The molecule has 23 heavy (non-hydrogen) atoms. The van der Waals surface area contributed by atoms with Crippen LogP contribution in [0.5, 0.6) is 0 Å². The van der Waals surface area contributed by atoms with E-state index in [0.29, 0.717) is 22.0 Å². The van der Waals surface area contributed by atoms with Gasteiger partial charge >= 0.3 is 0 Å². The lowest BCUT2D eigenvalue weighted by molar-refractivity contribution is 0.0700. The van der Waals surface area contributed by atoms with E-state index in [1.54, 1.807) is 41.9 Å². The molecule has 7 heteroatoms. The molecule has 0 spiro atoms. The molecule has 0 radical (unpaired) electrons. The third-order valence-electron chi connectivity index (χ3n) is 3.25. The Morgan fingerprint density at radius 1 is 1.13 bits per heavy atom. The second kappa shape index (κ2) is 6.20. The van der Waals surface area contributed by atoms with Gasteiger partial charge in [0, 0.05) is 10.6 Å². The zero-order valence-electron chi connectivity index (χ0n) is 11.7. The fourth-order valence-corrected chi connectivity index (χ4v) is 2.28. The number of hydrogen-bond acceptors (Lipinski definition) is 3. The first kappa shape index (κ1) is 15.2. The van der Waals surface area contributed by atoms with Gasteiger partial charge in [0.15, 0.2) is 5.69 Å². The molecule has 1 amide bonds. The number of rotatable bonds is 3. The Morgan fingerprint density at radius 3 is 2.39 bits per heavy atom. The molecule has 0 bridgehead atoms. The molecule has 0 aliphatic carbocycles. The Labute approximate surface area is 135 Å². The summed E-state index contributed by atoms with van der Waals surface area (Å²) in [7, 11) is 0. The fourth-order valence-electron chi connectivity index (χ4n) is 2.15. The van der Waals surface area contributed by atoms with Crippen LogP contribution in [-0.2, 0) is 0 Å². The van der Waals surface area contributed by atoms with Crippen molar-refractivity contribution in [1.29, 1.82) is 0 Å². The Hall–Kier alpha value is -2.70. The maximum atomic E-state index is 13.1. The summed E-state index contributed by atoms with van der Waals surface area (Å²) in [5.41, 5.74) is 3.50. The number of carbonyl (C=O) groups excluding carboxylic acids is 1. The first-order chi connectivity index (χ1) is 11.1. The maximum Gasteiger partial charge on any atom is 0.295 e. The standard InChI is InChI=1S/C16H11ClFN3O2/c17-11-3-7-13(8-4-11)21-15(9-14(19-21)16(22)20-23)10-1-5-12(18)6-2-10/h1-9,23H,(H,20,22). The summed E-state index contributed by atoms with van der Waals surface area (Å²) in [5, 5.41) is 13.5. The second-order valence-electron chi connectivity index (χ2n) is 4.75. The van der Waals surface area contributed by atoms with Gasteiger partial charge in [-0.05, 0) is 54.6 Å². The highest BCUT2D eigenvalue weighted by Crippen LogP contribution is 2.25. The van der Waals surface area contributed by atoms with Crippen molar-refractivity contribution in [3.8, 4) is 16.9 Å². The van der Waals surface area contributed by atoms with Crippen molar-refractivity contribution in [2.45, 2.75) is 0 Å². The maximum absolute atomic E-state index is 13.1. The molecule has 0 aliphatic heterocycles. The first-order valence-electron chi connectivity index (χ1n) is 6.65. The average Bonchev–Trinajstić information content (AvgIpc) is 3.01. The smallest absolute Gasteiger partial charge is 0.288 e. The highest BCUT2D eigenvalue weighted by atomic mass is 35.5. The Kier molecular flexibility index (Phi) is 4.10. The van der Waals surface area contributed by atoms with Crippen molar-refractivity contribution in [1.82, 2.24) is 15.3 Å². The summed E-state index contributed by atoms with van der Waals surface area (Å²) in [5.74, 6) is -1.10. The summed E-state index contributed by atoms with van der Waals surface area (Å²) >= 11 is 5.88. The largest absolute Gasteiger partial charge is 0.295 e. The lowest BCUT2D eigenvalue weighted by Gasteiger charge is -2.07. The van der Waals surface area contributed by atoms with Crippen LogP contribution in [0, 0.1) is 5.82 Å². The SMILES string of the molecule is O=C(NO)c1cc(-c2ccc(F)cc2)n(-c2ccc(Cl)cc2)n1. The number of carbonyl (C=O) groups is 1. The first-order valence-corrected chi connectivity index (χ1v) is 7.02. The molecule has 2 aromatic carbocycles. The van der Waals surface area contributed by atoms with Crippen LogP contribution in [0.4, 0.5) is 4.39 Å². The monoisotopic (exact) mass is 331 g/mol. The lowest BCUT2D eigenvalue weighted by Crippen LogP contribution is -2.19. The quantitative estimate of drug-likeness (QED) is 0.570. The molecule has 0 saturated carbocycles. The summed E-state index contributed by atoms with van der Waals surface area (Å²) in [6.45, 7) is 0. The third kappa shape index (κ3) is 3.08. The van der Waals surface area contributed by atoms with Gasteiger partial charge in [0.05, 0.1) is 11.4 Å². The number of nitrogens with zero attached hydrogens (tertiary/aromatic N) is 2. The minimum absolute atomic E-state index is 0.0294. The third-order valence-corrected chi connectivity index (χ3v) is 3.51. The Morgan fingerprint density at radius 2 is 1.78 bits per heavy atom. The summed E-state index contributed by atoms with van der Waals surface area (Å²) in [6.07, 6.45) is 0. The zero-order valence-corrected chi connectivity index (χ0v) is 12.5. The molecule has 0 unspecified atom stereocenters. The molecule has 1 heterocycles. The fraction of sp³-hybridized carbons (Fsp3) is 0. The molecular formula is C16H11ClFN3O2. The number of halogens is 2. The van der Waals surface area contributed by atoms with E-state index in [1.807, 2.05) is 0 Å². The van der Waals surface area contributed by atoms with Crippen LogP contribution >= 0.6 is 11.6 Å². The summed E-state index contributed by atoms with van der Waals surface area (Å²) in [4.78, 5) is 11.6. The van der Waals surface area contributed by atoms with E-state index >= 15 is 0 Å². The number of nitrogens with one attached hydrogen (secondary N) is 1. The van der Waals surface area contributed by atoms with Crippen molar-refractivity contribution in [2.24, 2.45) is 0 Å². The van der Waals surface area contributed by atoms with E-state index in [-0.39, 0.29) is 11.5 Å². The van der Waals surface area contributed by atoms with Crippen LogP contribution in [0.15, 0.2) is 54.6 Å². The van der Waals surface area contributed by atoms with E-state index in [9.17, 15) is 9.18 Å². The molecular weight excluding hydrogens is 321 g/mol. The second-order valence-corrected chi connectivity index (χ2v) is 5.19. The molecule has 5 nitrogen and oxygen atoms in total. The van der Waals surface area contributed by atoms with E-state index < -0.39 is 5.91 Å². The number of amides is 1. The number of benzene rings is 2. The summed E-state index contributed by atoms with van der Waals surface area (Å²) in [6, 6.07) is 14.2. The van der Waals surface area contributed by atoms with E-state index in [2.05, 4.69) is 5.10 Å². The van der Waals surface area contributed by atoms with Gasteiger partial charge in [-0.2, -0.15) is 5.10 Å². The summed E-state index contributed by atoms with van der Waals surface area (Å²) < 4.78 is 14.6. The molecule has 1 aromatic heterocycles. The van der Waals surface area contributed by atoms with Crippen LogP contribution in [-0.4, -0.2) is 20.9 Å². The van der Waals surface area contributed by atoms with Crippen LogP contribution in [0.2, 0.25) is 5.02 Å². The molecule has 0 fully saturated rings. The minimum atomic E-state index is -0.735. The number of hydroxylamine groups is 1. The highest BCUT2D eigenvalue weighted by Gasteiger charge is 2.16. The molecule has 3 aromatic rings. The lowest BCUT2D eigenvalue weighted by atomic mass is 10.1. The average molecular weight is 332 g/mol. The van der Waals surface area contributed by atoms with E-state index in [0.717, 1.165) is 0 Å². The van der Waals surface area contributed by atoms with Gasteiger partial charge < -0.3 is 0 Å². The molecule has 0 aliphatic rings. The Bertz CT molecular complexity index is 782. The van der Waals surface area contributed by atoms with Crippen LogP contribution in [0.1, 0.15) is 10.5 Å². The normalized spacial score (nSPS) is 10.6. The number of hydrogen-bond donors (Lipinski definition) is 2. The van der Waals surface area contributed by atoms with Crippen LogP contribution in [0.25, 0.3) is 16.9 Å². The van der Waals surface area contributed by atoms with Gasteiger partial charge in [-0.15, -0.1) is 0 Å². The van der Waals surface area contributed by atoms with E-state index in [4.69, 9.17) is 16.8 Å². The topological polar surface area (TPSA) is 67.2 Å². The van der Waals surface area contributed by atoms with Crippen molar-refractivity contribution in [3.63, 3.8) is 0 Å². The zero-order chi connectivity index (χ0) is 16.4. The number of aromatic nitrogens is 2. The Balaban J connectivity index is 2.16. The predicted octanol–water partition coefficient (Wildman–Crippen LogP) is 3.45. The van der Waals surface area contributed by atoms with Crippen molar-refractivity contribution in [3.05, 3.63) is 71.1 Å². The van der Waals surface area contributed by atoms with Gasteiger partial charge in [-0.1, -0.05) is 11.6 Å². The van der Waals surface area contributed by atoms with Crippen LogP contribution < -0.4 is 5.48 Å². The van der Waals surface area contributed by atoms with Gasteiger partial charge in [-0.3, -0.25) is 10.0 Å². The molecule has 0 saturated heterocycles. The molecule has 2 N–H and O–H groups in total. The predicted molar refractivity (Wildman–Crippen MR) is 83.2 cm³/mol. The van der Waals surface area contributed by atoms with Crippen LogP contribution in [0.3, 0.4) is 0 Å². The molecule has 0 atom stereocenters. The molecule has 3 rings (SSSR count). The molecule has 116 valence electrons. The van der Waals surface area contributed by atoms with Crippen molar-refractivity contribution < 1.29 is 14.4 Å². The van der Waals surface area contributed by atoms with Gasteiger partial charge in [0.2, 0.25) is 0 Å². The van der Waals surface area contributed by atoms with Gasteiger partial charge in [0.1, 0.15) is 5.82 Å². The van der Waals surface area contributed by atoms with Crippen molar-refractivity contribution in [2.75, 3.05) is 0 Å². The van der Waals surface area contributed by atoms with Gasteiger partial charge in [-0.25, -0.2) is 14.6 Å². The minimum Gasteiger partial charge on any atom is -0.288 e. The van der Waals surface area contributed by atoms with E-state index in [1.165, 1.54) is 22.9 Å².